The molecule has 1 heterocycles. The molecule has 0 saturated carbocycles. The molecule has 6 nitrogen and oxygen atoms in total. The third kappa shape index (κ3) is 3.08. The average molecular weight is 342 g/mol. The number of hydrogen-bond donors (Lipinski definition) is 1. The van der Waals surface area contributed by atoms with E-state index in [4.69, 9.17) is 4.74 Å². The van der Waals surface area contributed by atoms with Gasteiger partial charge in [-0.25, -0.2) is 13.9 Å². The van der Waals surface area contributed by atoms with Gasteiger partial charge in [0.25, 0.3) is 0 Å². The molecule has 25 heavy (non-hydrogen) atoms. The highest BCUT2D eigenvalue weighted by Gasteiger charge is 2.20. The Balaban J connectivity index is 2.37. The molecular formula is C18H15FN2O4. The molecule has 0 unspecified atom stereocenters. The Morgan fingerprint density at radius 3 is 2.60 bits per heavy atom. The summed E-state index contributed by atoms with van der Waals surface area (Å²) in [7, 11) is 0. The molecule has 2 aromatic carbocycles. The van der Waals surface area contributed by atoms with Gasteiger partial charge in [0.1, 0.15) is 11.6 Å². The summed E-state index contributed by atoms with van der Waals surface area (Å²) in [4.78, 5) is 24.0. The van der Waals surface area contributed by atoms with Crippen LogP contribution in [0.25, 0.3) is 16.6 Å². The van der Waals surface area contributed by atoms with Crippen molar-refractivity contribution in [3.05, 3.63) is 64.2 Å². The molecule has 0 atom stereocenters. The van der Waals surface area contributed by atoms with Crippen LogP contribution in [0.15, 0.2) is 47.3 Å². The highest BCUT2D eigenvalue weighted by Crippen LogP contribution is 2.24. The predicted octanol–water partition coefficient (Wildman–Crippen LogP) is 3.01. The van der Waals surface area contributed by atoms with Crippen LogP contribution in [-0.4, -0.2) is 27.5 Å². The van der Waals surface area contributed by atoms with Gasteiger partial charge in [-0.05, 0) is 42.8 Å². The molecular weight excluding hydrogens is 327 g/mol. The fourth-order valence-electron chi connectivity index (χ4n) is 2.49. The lowest BCUT2D eigenvalue weighted by molar-refractivity contribution is 0.0687. The minimum absolute atomic E-state index is 0.132. The second-order valence-electron chi connectivity index (χ2n) is 5.37. The number of aromatic nitrogens is 2. The largest absolute Gasteiger partial charge is 0.493 e. The first-order valence-electron chi connectivity index (χ1n) is 7.71. The van der Waals surface area contributed by atoms with Crippen LogP contribution < -0.4 is 10.2 Å². The van der Waals surface area contributed by atoms with Crippen LogP contribution in [-0.2, 0) is 0 Å². The first-order valence-corrected chi connectivity index (χ1v) is 7.71. The molecule has 0 spiro atoms. The Hall–Kier alpha value is -3.22. The highest BCUT2D eigenvalue weighted by atomic mass is 19.1. The Labute approximate surface area is 142 Å². The Kier molecular flexibility index (Phi) is 4.47. The second-order valence-corrected chi connectivity index (χ2v) is 5.37. The summed E-state index contributed by atoms with van der Waals surface area (Å²) in [6, 6.07) is 10.3. The topological polar surface area (TPSA) is 81.4 Å². The van der Waals surface area contributed by atoms with E-state index in [2.05, 4.69) is 5.10 Å². The van der Waals surface area contributed by atoms with E-state index in [-0.39, 0.29) is 5.39 Å². The number of aromatic carboxylic acids is 1. The van der Waals surface area contributed by atoms with E-state index in [0.29, 0.717) is 23.6 Å². The molecule has 0 bridgehead atoms. The lowest BCUT2D eigenvalue weighted by Crippen LogP contribution is -2.23. The van der Waals surface area contributed by atoms with Crippen molar-refractivity contribution in [3.8, 4) is 11.4 Å². The van der Waals surface area contributed by atoms with E-state index < -0.39 is 22.9 Å². The maximum absolute atomic E-state index is 13.2. The van der Waals surface area contributed by atoms with Crippen LogP contribution >= 0.6 is 0 Å². The zero-order valence-electron chi connectivity index (χ0n) is 13.4. The number of halogens is 1. The SMILES string of the molecule is CCCOc1cccc2c1c(=O)c(C(=O)O)nn2-c1ccc(F)cc1. The van der Waals surface area contributed by atoms with Crippen LogP contribution in [0.2, 0.25) is 0 Å². The Bertz CT molecular complexity index is 996. The molecule has 0 aliphatic carbocycles. The van der Waals surface area contributed by atoms with Gasteiger partial charge in [-0.15, -0.1) is 0 Å². The van der Waals surface area contributed by atoms with Crippen molar-refractivity contribution in [1.82, 2.24) is 9.78 Å². The van der Waals surface area contributed by atoms with Crippen LogP contribution in [0.1, 0.15) is 23.8 Å². The summed E-state index contributed by atoms with van der Waals surface area (Å²) in [5, 5.41) is 13.4. The monoisotopic (exact) mass is 342 g/mol. The predicted molar refractivity (Wildman–Crippen MR) is 90.0 cm³/mol. The number of carboxylic acid groups (broad SMARTS) is 1. The van der Waals surface area contributed by atoms with Crippen molar-refractivity contribution in [3.63, 3.8) is 0 Å². The summed E-state index contributed by atoms with van der Waals surface area (Å²) in [5.74, 6) is -1.57. The lowest BCUT2D eigenvalue weighted by Gasteiger charge is -2.13. The molecule has 0 saturated heterocycles. The average Bonchev–Trinajstić information content (AvgIpc) is 2.61. The zero-order chi connectivity index (χ0) is 18.0. The third-order valence-electron chi connectivity index (χ3n) is 3.61. The fraction of sp³-hybridized carbons (Fsp3) is 0.167. The van der Waals surface area contributed by atoms with E-state index in [1.54, 1.807) is 18.2 Å². The van der Waals surface area contributed by atoms with E-state index >= 15 is 0 Å². The molecule has 0 amide bonds. The van der Waals surface area contributed by atoms with Crippen LogP contribution in [0.5, 0.6) is 5.75 Å². The number of hydrogen-bond acceptors (Lipinski definition) is 4. The van der Waals surface area contributed by atoms with E-state index in [1.165, 1.54) is 28.9 Å². The summed E-state index contributed by atoms with van der Waals surface area (Å²) in [6.45, 7) is 2.31. The van der Waals surface area contributed by atoms with Crippen molar-refractivity contribution in [2.75, 3.05) is 6.61 Å². The number of fused-ring (bicyclic) bond motifs is 1. The normalized spacial score (nSPS) is 10.8. The number of carbonyl (C=O) groups is 1. The number of rotatable bonds is 5. The molecule has 0 aliphatic heterocycles. The number of nitrogens with zero attached hydrogens (tertiary/aromatic N) is 2. The van der Waals surface area contributed by atoms with Crippen LogP contribution in [0.4, 0.5) is 4.39 Å². The molecule has 0 fully saturated rings. The number of carboxylic acids is 1. The minimum atomic E-state index is -1.44. The van der Waals surface area contributed by atoms with Gasteiger partial charge in [0.15, 0.2) is 0 Å². The van der Waals surface area contributed by atoms with Crippen LogP contribution in [0, 0.1) is 5.82 Å². The molecule has 7 heteroatoms. The van der Waals surface area contributed by atoms with Crippen LogP contribution in [0.3, 0.4) is 0 Å². The highest BCUT2D eigenvalue weighted by molar-refractivity contribution is 5.93. The maximum atomic E-state index is 13.2. The number of ether oxygens (including phenoxy) is 1. The molecule has 1 aromatic heterocycles. The van der Waals surface area contributed by atoms with Crippen molar-refractivity contribution < 1.29 is 19.0 Å². The Morgan fingerprint density at radius 2 is 1.96 bits per heavy atom. The molecule has 128 valence electrons. The van der Waals surface area contributed by atoms with E-state index in [1.807, 2.05) is 6.92 Å². The second kappa shape index (κ2) is 6.72. The van der Waals surface area contributed by atoms with Crippen molar-refractivity contribution >= 4 is 16.9 Å². The van der Waals surface area contributed by atoms with Gasteiger partial charge in [-0.2, -0.15) is 5.10 Å². The quantitative estimate of drug-likeness (QED) is 0.771. The van der Waals surface area contributed by atoms with Crippen molar-refractivity contribution in [2.24, 2.45) is 0 Å². The smallest absolute Gasteiger partial charge is 0.360 e. The summed E-state index contributed by atoms with van der Waals surface area (Å²) < 4.78 is 20.1. The molecule has 1 N–H and O–H groups in total. The van der Waals surface area contributed by atoms with Gasteiger partial charge in [0, 0.05) is 0 Å². The van der Waals surface area contributed by atoms with Crippen molar-refractivity contribution in [2.45, 2.75) is 13.3 Å². The molecule has 3 rings (SSSR count). The maximum Gasteiger partial charge on any atom is 0.360 e. The summed E-state index contributed by atoms with van der Waals surface area (Å²) in [5.41, 5.74) is -0.520. The van der Waals surface area contributed by atoms with Gasteiger partial charge >= 0.3 is 5.97 Å². The first-order chi connectivity index (χ1) is 12.0. The lowest BCUT2D eigenvalue weighted by atomic mass is 10.1. The van der Waals surface area contributed by atoms with E-state index in [9.17, 15) is 19.1 Å². The van der Waals surface area contributed by atoms with Gasteiger partial charge < -0.3 is 9.84 Å². The van der Waals surface area contributed by atoms with Crippen molar-refractivity contribution in [1.29, 1.82) is 0 Å². The Morgan fingerprint density at radius 1 is 1.24 bits per heavy atom. The minimum Gasteiger partial charge on any atom is -0.493 e. The van der Waals surface area contributed by atoms with Gasteiger partial charge in [0.2, 0.25) is 11.1 Å². The summed E-state index contributed by atoms with van der Waals surface area (Å²) in [6.07, 6.45) is 0.736. The molecule has 3 aromatic rings. The van der Waals surface area contributed by atoms with Gasteiger partial charge in [-0.1, -0.05) is 13.0 Å². The van der Waals surface area contributed by atoms with E-state index in [0.717, 1.165) is 6.42 Å². The molecule has 0 aliphatic rings. The summed E-state index contributed by atoms with van der Waals surface area (Å²) >= 11 is 0. The van der Waals surface area contributed by atoms with Gasteiger partial charge in [0.05, 0.1) is 23.2 Å². The number of benzene rings is 2. The first kappa shape index (κ1) is 16.6. The zero-order valence-corrected chi connectivity index (χ0v) is 13.4. The third-order valence-corrected chi connectivity index (χ3v) is 3.61. The van der Waals surface area contributed by atoms with Gasteiger partial charge in [-0.3, -0.25) is 4.79 Å². The standard InChI is InChI=1S/C18H15FN2O4/c1-2-10-25-14-5-3-4-13-15(14)17(22)16(18(23)24)20-21(13)12-8-6-11(19)7-9-12/h3-9H,2,10H2,1H3,(H,23,24). The fourth-order valence-corrected chi connectivity index (χ4v) is 2.49. The molecule has 0 radical (unpaired) electrons.